The fourth-order valence-corrected chi connectivity index (χ4v) is 2.94. The average Bonchev–Trinajstić information content (AvgIpc) is 2.24. The Bertz CT molecular complexity index is 586. The van der Waals surface area contributed by atoms with Gasteiger partial charge in [0.15, 0.2) is 0 Å². The molecule has 0 aliphatic heterocycles. The van der Waals surface area contributed by atoms with E-state index in [1.807, 2.05) is 0 Å². The van der Waals surface area contributed by atoms with Crippen LogP contribution < -0.4 is 0 Å². The Morgan fingerprint density at radius 3 is 2.29 bits per heavy atom. The summed E-state index contributed by atoms with van der Waals surface area (Å²) < 4.78 is 0.945. The topological polar surface area (TPSA) is 12.9 Å². The van der Waals surface area contributed by atoms with Crippen LogP contribution in [0.4, 0.5) is 0 Å². The maximum absolute atomic E-state index is 6.13. The molecule has 17 heavy (non-hydrogen) atoms. The molecule has 0 aliphatic carbocycles. The van der Waals surface area contributed by atoms with Crippen LogP contribution in [0.25, 0.3) is 11.3 Å². The average molecular weight is 419 g/mol. The number of aromatic nitrogens is 1. The van der Waals surface area contributed by atoms with E-state index in [4.69, 9.17) is 46.4 Å². The van der Waals surface area contributed by atoms with Gasteiger partial charge < -0.3 is 0 Å². The molecule has 0 fully saturated rings. The summed E-state index contributed by atoms with van der Waals surface area (Å²) in [6.07, 6.45) is 1.70. The lowest BCUT2D eigenvalue weighted by molar-refractivity contribution is 1.31. The first-order valence-corrected chi connectivity index (χ1v) is 7.04. The molecule has 0 bridgehead atoms. The lowest BCUT2D eigenvalue weighted by Gasteiger charge is -2.08. The van der Waals surface area contributed by atoms with Crippen molar-refractivity contribution in [3.63, 3.8) is 0 Å². The van der Waals surface area contributed by atoms with Crippen LogP contribution in [0.3, 0.4) is 0 Å². The molecule has 0 radical (unpaired) electrons. The Morgan fingerprint density at radius 2 is 1.65 bits per heavy atom. The predicted molar refractivity (Wildman–Crippen MR) is 82.4 cm³/mol. The number of hydrogen-bond donors (Lipinski definition) is 0. The molecule has 0 amide bonds. The predicted octanol–water partition coefficient (Wildman–Crippen LogP) is 5.97. The zero-order valence-corrected chi connectivity index (χ0v) is 13.3. The van der Waals surface area contributed by atoms with Gasteiger partial charge in [-0.05, 0) is 40.8 Å². The van der Waals surface area contributed by atoms with Gasteiger partial charge in [-0.15, -0.1) is 0 Å². The summed E-state index contributed by atoms with van der Waals surface area (Å²) >= 11 is 26.3. The van der Waals surface area contributed by atoms with Gasteiger partial charge in [-0.3, -0.25) is 4.98 Å². The summed E-state index contributed by atoms with van der Waals surface area (Å²) in [6, 6.07) is 5.07. The molecule has 0 aliphatic rings. The first kappa shape index (κ1) is 13.7. The Kier molecular flexibility index (Phi) is 4.42. The second kappa shape index (κ2) is 5.49. The van der Waals surface area contributed by atoms with Gasteiger partial charge in [0.1, 0.15) is 0 Å². The van der Waals surface area contributed by atoms with Gasteiger partial charge in [0.05, 0.1) is 20.8 Å². The van der Waals surface area contributed by atoms with Crippen LogP contribution in [-0.2, 0) is 0 Å². The van der Waals surface area contributed by atoms with E-state index in [-0.39, 0.29) is 0 Å². The van der Waals surface area contributed by atoms with Crippen LogP contribution in [0, 0.1) is 3.57 Å². The molecular formula is C11H4Cl4IN. The van der Waals surface area contributed by atoms with Gasteiger partial charge in [-0.25, -0.2) is 0 Å². The van der Waals surface area contributed by atoms with Crippen molar-refractivity contribution in [1.29, 1.82) is 0 Å². The van der Waals surface area contributed by atoms with E-state index < -0.39 is 0 Å². The molecule has 1 nitrogen and oxygen atoms in total. The highest BCUT2D eigenvalue weighted by Crippen LogP contribution is 2.38. The van der Waals surface area contributed by atoms with Crippen molar-refractivity contribution in [3.05, 3.63) is 48.1 Å². The molecular weight excluding hydrogens is 415 g/mol. The fraction of sp³-hybridized carbons (Fsp3) is 0. The van der Waals surface area contributed by atoms with Gasteiger partial charge in [0.25, 0.3) is 0 Å². The van der Waals surface area contributed by atoms with Gasteiger partial charge in [0, 0.05) is 20.4 Å². The molecule has 0 saturated carbocycles. The molecule has 2 rings (SSSR count). The highest BCUT2D eigenvalue weighted by atomic mass is 127. The van der Waals surface area contributed by atoms with E-state index in [0.717, 1.165) is 3.57 Å². The minimum absolute atomic E-state index is 0.380. The minimum atomic E-state index is 0.380. The number of rotatable bonds is 1. The molecule has 88 valence electrons. The number of halogens is 5. The fourth-order valence-electron chi connectivity index (χ4n) is 1.34. The van der Waals surface area contributed by atoms with Crippen LogP contribution in [0.1, 0.15) is 0 Å². The van der Waals surface area contributed by atoms with Crippen molar-refractivity contribution >= 4 is 69.0 Å². The summed E-state index contributed by atoms with van der Waals surface area (Å²) in [5, 5.41) is 1.78. The summed E-state index contributed by atoms with van der Waals surface area (Å²) in [5.41, 5.74) is 1.20. The Hall–Kier alpha value is 0.260. The normalized spacial score (nSPS) is 10.6. The lowest BCUT2D eigenvalue weighted by Crippen LogP contribution is -1.88. The summed E-state index contributed by atoms with van der Waals surface area (Å²) in [6.45, 7) is 0. The third kappa shape index (κ3) is 2.99. The maximum atomic E-state index is 6.13. The monoisotopic (exact) mass is 417 g/mol. The quantitative estimate of drug-likeness (QED) is 0.411. The minimum Gasteiger partial charge on any atom is -0.254 e. The molecule has 1 heterocycles. The third-order valence-electron chi connectivity index (χ3n) is 2.06. The van der Waals surface area contributed by atoms with Crippen molar-refractivity contribution in [3.8, 4) is 11.3 Å². The van der Waals surface area contributed by atoms with Crippen molar-refractivity contribution < 1.29 is 0 Å². The van der Waals surface area contributed by atoms with Crippen LogP contribution in [0.5, 0.6) is 0 Å². The van der Waals surface area contributed by atoms with E-state index in [1.165, 1.54) is 0 Å². The largest absolute Gasteiger partial charge is 0.254 e. The Balaban J connectivity index is 2.68. The number of nitrogens with zero attached hydrogens (tertiary/aromatic N) is 1. The number of hydrogen-bond acceptors (Lipinski definition) is 1. The zero-order chi connectivity index (χ0) is 12.6. The van der Waals surface area contributed by atoms with Crippen molar-refractivity contribution in [2.45, 2.75) is 0 Å². The van der Waals surface area contributed by atoms with Crippen molar-refractivity contribution in [1.82, 2.24) is 4.98 Å². The molecule has 0 N–H and O–H groups in total. The van der Waals surface area contributed by atoms with E-state index >= 15 is 0 Å². The highest BCUT2D eigenvalue weighted by molar-refractivity contribution is 14.1. The highest BCUT2D eigenvalue weighted by Gasteiger charge is 2.13. The number of benzene rings is 1. The lowest BCUT2D eigenvalue weighted by atomic mass is 10.1. The standard InChI is InChI=1S/C11H4Cl4IN/c12-5-1-7(10(15)8(13)2-5)11-9(14)3-6(16)4-17-11/h1-4H. The second-order valence-corrected chi connectivity index (χ2v) is 6.11. The maximum Gasteiger partial charge on any atom is 0.0904 e. The van der Waals surface area contributed by atoms with E-state index in [9.17, 15) is 0 Å². The van der Waals surface area contributed by atoms with Crippen LogP contribution >= 0.6 is 69.0 Å². The molecule has 0 unspecified atom stereocenters. The van der Waals surface area contributed by atoms with E-state index in [2.05, 4.69) is 27.6 Å². The molecule has 0 saturated heterocycles. The summed E-state index contributed by atoms with van der Waals surface area (Å²) in [7, 11) is 0. The van der Waals surface area contributed by atoms with Crippen molar-refractivity contribution in [2.75, 3.05) is 0 Å². The summed E-state index contributed by atoms with van der Waals surface area (Å²) in [4.78, 5) is 4.25. The Labute approximate surface area is 132 Å². The summed E-state index contributed by atoms with van der Waals surface area (Å²) in [5.74, 6) is 0. The van der Waals surface area contributed by atoms with Gasteiger partial charge >= 0.3 is 0 Å². The molecule has 0 atom stereocenters. The van der Waals surface area contributed by atoms with Crippen LogP contribution in [-0.4, -0.2) is 4.98 Å². The van der Waals surface area contributed by atoms with Crippen LogP contribution in [0.2, 0.25) is 20.1 Å². The van der Waals surface area contributed by atoms with Crippen molar-refractivity contribution in [2.24, 2.45) is 0 Å². The second-order valence-electron chi connectivity index (χ2n) is 3.23. The van der Waals surface area contributed by atoms with Gasteiger partial charge in [-0.2, -0.15) is 0 Å². The molecule has 1 aromatic heterocycles. The van der Waals surface area contributed by atoms with Crippen LogP contribution in [0.15, 0.2) is 24.4 Å². The first-order chi connectivity index (χ1) is 7.99. The van der Waals surface area contributed by atoms with Gasteiger partial charge in [0.2, 0.25) is 0 Å². The first-order valence-electron chi connectivity index (χ1n) is 4.45. The smallest absolute Gasteiger partial charge is 0.0904 e. The number of pyridine rings is 1. The Morgan fingerprint density at radius 1 is 0.941 bits per heavy atom. The van der Waals surface area contributed by atoms with E-state index in [0.29, 0.717) is 31.3 Å². The third-order valence-corrected chi connectivity index (χ3v) is 3.95. The van der Waals surface area contributed by atoms with E-state index in [1.54, 1.807) is 24.4 Å². The molecule has 0 spiro atoms. The van der Waals surface area contributed by atoms with Gasteiger partial charge in [-0.1, -0.05) is 46.4 Å². The SMILES string of the molecule is Clc1cc(Cl)c(Cl)c(-c2ncc(I)cc2Cl)c1. The molecule has 6 heteroatoms. The molecule has 1 aromatic carbocycles. The zero-order valence-electron chi connectivity index (χ0n) is 8.15. The molecule has 2 aromatic rings.